The van der Waals surface area contributed by atoms with Crippen molar-refractivity contribution in [2.45, 2.75) is 65.2 Å². The van der Waals surface area contributed by atoms with Gasteiger partial charge in [0.25, 0.3) is 0 Å². The molecule has 0 aliphatic rings. The van der Waals surface area contributed by atoms with Gasteiger partial charge < -0.3 is 10.3 Å². The van der Waals surface area contributed by atoms with E-state index in [9.17, 15) is 5.11 Å². The molecule has 0 bridgehead atoms. The topological polar surface area (TPSA) is 52.8 Å². The number of benzene rings is 1. The van der Waals surface area contributed by atoms with Gasteiger partial charge in [0.15, 0.2) is 0 Å². The first-order valence-electron chi connectivity index (χ1n) is 7.45. The van der Waals surface area contributed by atoms with E-state index in [0.717, 1.165) is 6.42 Å². The first-order valence-corrected chi connectivity index (χ1v) is 7.45. The second-order valence-electron chi connectivity index (χ2n) is 6.11. The summed E-state index contributed by atoms with van der Waals surface area (Å²) in [6.45, 7) is 8.35. The van der Waals surface area contributed by atoms with Gasteiger partial charge in [-0.1, -0.05) is 57.7 Å². The van der Waals surface area contributed by atoms with Crippen molar-refractivity contribution < 1.29 is 10.3 Å². The number of phenols is 1. The molecule has 0 fully saturated rings. The Labute approximate surface area is 122 Å². The lowest BCUT2D eigenvalue weighted by atomic mass is 9.79. The van der Waals surface area contributed by atoms with Gasteiger partial charge >= 0.3 is 0 Å². The van der Waals surface area contributed by atoms with Crippen molar-refractivity contribution in [2.75, 3.05) is 0 Å². The second-order valence-corrected chi connectivity index (χ2v) is 6.11. The van der Waals surface area contributed by atoms with E-state index in [1.807, 2.05) is 12.1 Å². The lowest BCUT2D eigenvalue weighted by Crippen LogP contribution is -2.17. The number of rotatable bonds is 7. The lowest BCUT2D eigenvalue weighted by molar-refractivity contribution is 0.318. The molecule has 0 unspecified atom stereocenters. The van der Waals surface area contributed by atoms with Crippen LogP contribution in [0, 0.1) is 0 Å². The highest BCUT2D eigenvalue weighted by Gasteiger charge is 2.21. The van der Waals surface area contributed by atoms with Crippen molar-refractivity contribution in [1.29, 1.82) is 0 Å². The van der Waals surface area contributed by atoms with Gasteiger partial charge in [0.2, 0.25) is 0 Å². The molecule has 0 spiro atoms. The highest BCUT2D eigenvalue weighted by atomic mass is 16.4. The van der Waals surface area contributed by atoms with E-state index in [2.05, 4.69) is 25.9 Å². The maximum Gasteiger partial charge on any atom is 0.124 e. The highest BCUT2D eigenvalue weighted by Crippen LogP contribution is 2.32. The summed E-state index contributed by atoms with van der Waals surface area (Å²) in [6, 6.07) is 5.58. The van der Waals surface area contributed by atoms with Crippen LogP contribution in [0.2, 0.25) is 0 Å². The van der Waals surface area contributed by atoms with Crippen LogP contribution in [-0.2, 0) is 5.41 Å². The van der Waals surface area contributed by atoms with Gasteiger partial charge in [-0.15, -0.1) is 0 Å². The Morgan fingerprint density at radius 2 is 1.90 bits per heavy atom. The molecule has 20 heavy (non-hydrogen) atoms. The average Bonchev–Trinajstić information content (AvgIpc) is 2.43. The predicted octanol–water partition coefficient (Wildman–Crippen LogP) is 4.84. The number of unbranched alkanes of at least 4 members (excludes halogenated alkanes) is 3. The van der Waals surface area contributed by atoms with Crippen LogP contribution in [-0.4, -0.2) is 16.0 Å². The molecule has 0 amide bonds. The van der Waals surface area contributed by atoms with E-state index in [1.165, 1.54) is 31.2 Å². The van der Waals surface area contributed by atoms with Crippen LogP contribution in [0.15, 0.2) is 23.4 Å². The molecule has 1 rings (SSSR count). The zero-order chi connectivity index (χ0) is 15.2. The van der Waals surface area contributed by atoms with Gasteiger partial charge in [-0.05, 0) is 36.5 Å². The van der Waals surface area contributed by atoms with Crippen molar-refractivity contribution >= 4 is 5.71 Å². The minimum atomic E-state index is 0.0614. The SMILES string of the molecule is CCCCCCC(C)(C)c1ccc(O)c(/C(C)=N\O)c1. The number of aromatic hydroxyl groups is 1. The number of oxime groups is 1. The Kier molecular flexibility index (Phi) is 6.05. The fourth-order valence-electron chi connectivity index (χ4n) is 2.44. The van der Waals surface area contributed by atoms with Crippen LogP contribution in [0.4, 0.5) is 0 Å². The third-order valence-electron chi connectivity index (χ3n) is 3.97. The Bertz CT molecular complexity index is 464. The van der Waals surface area contributed by atoms with Crippen LogP contribution < -0.4 is 0 Å². The Morgan fingerprint density at radius 1 is 1.20 bits per heavy atom. The predicted molar refractivity (Wildman–Crippen MR) is 83.9 cm³/mol. The highest BCUT2D eigenvalue weighted by molar-refractivity contribution is 6.00. The quantitative estimate of drug-likeness (QED) is 0.324. The monoisotopic (exact) mass is 277 g/mol. The largest absolute Gasteiger partial charge is 0.507 e. The van der Waals surface area contributed by atoms with Gasteiger partial charge in [-0.25, -0.2) is 0 Å². The van der Waals surface area contributed by atoms with Gasteiger partial charge in [0, 0.05) is 5.56 Å². The number of hydrogen-bond donors (Lipinski definition) is 2. The van der Waals surface area contributed by atoms with E-state index in [-0.39, 0.29) is 11.2 Å². The normalized spacial score (nSPS) is 12.7. The van der Waals surface area contributed by atoms with Crippen molar-refractivity contribution in [2.24, 2.45) is 5.16 Å². The molecule has 1 aromatic carbocycles. The van der Waals surface area contributed by atoms with Crippen LogP contribution in [0.5, 0.6) is 5.75 Å². The summed E-state index contributed by atoms with van der Waals surface area (Å²) >= 11 is 0. The van der Waals surface area contributed by atoms with E-state index < -0.39 is 0 Å². The molecule has 1 aromatic rings. The standard InChI is InChI=1S/C17H27NO2/c1-5-6-7-8-11-17(3,4)14-9-10-16(19)15(12-14)13(2)18-20/h9-10,12,19-20H,5-8,11H2,1-4H3/b18-13-. The van der Waals surface area contributed by atoms with Gasteiger partial charge in [-0.2, -0.15) is 0 Å². The van der Waals surface area contributed by atoms with Crippen LogP contribution in [0.25, 0.3) is 0 Å². The Hall–Kier alpha value is -1.51. The molecule has 3 nitrogen and oxygen atoms in total. The van der Waals surface area contributed by atoms with Crippen LogP contribution in [0.3, 0.4) is 0 Å². The molecule has 0 aliphatic heterocycles. The summed E-state index contributed by atoms with van der Waals surface area (Å²) < 4.78 is 0. The van der Waals surface area contributed by atoms with Crippen LogP contribution >= 0.6 is 0 Å². The maximum absolute atomic E-state index is 9.86. The molecular formula is C17H27NO2. The maximum atomic E-state index is 9.86. The van der Waals surface area contributed by atoms with E-state index in [4.69, 9.17) is 5.21 Å². The molecule has 0 aliphatic carbocycles. The second kappa shape index (κ2) is 7.32. The van der Waals surface area contributed by atoms with Crippen LogP contribution in [0.1, 0.15) is 70.9 Å². The molecule has 2 N–H and O–H groups in total. The third-order valence-corrected chi connectivity index (χ3v) is 3.97. The molecule has 3 heteroatoms. The molecule has 0 saturated heterocycles. The smallest absolute Gasteiger partial charge is 0.124 e. The van der Waals surface area contributed by atoms with Crippen molar-refractivity contribution in [3.63, 3.8) is 0 Å². The molecule has 112 valence electrons. The van der Waals surface area contributed by atoms with Crippen molar-refractivity contribution in [3.8, 4) is 5.75 Å². The summed E-state index contributed by atoms with van der Waals surface area (Å²) in [5.74, 6) is 0.158. The fourth-order valence-corrected chi connectivity index (χ4v) is 2.44. The summed E-state index contributed by atoms with van der Waals surface area (Å²) in [4.78, 5) is 0. The van der Waals surface area contributed by atoms with E-state index in [0.29, 0.717) is 11.3 Å². The molecule has 0 heterocycles. The summed E-state index contributed by atoms with van der Waals surface area (Å²) in [6.07, 6.45) is 6.13. The zero-order valence-electron chi connectivity index (χ0n) is 13.1. The summed E-state index contributed by atoms with van der Waals surface area (Å²) in [5, 5.41) is 21.9. The average molecular weight is 277 g/mol. The first-order chi connectivity index (χ1) is 9.42. The lowest BCUT2D eigenvalue weighted by Gasteiger charge is -2.26. The first kappa shape index (κ1) is 16.5. The van der Waals surface area contributed by atoms with Crippen molar-refractivity contribution in [1.82, 2.24) is 0 Å². The molecule has 0 atom stereocenters. The van der Waals surface area contributed by atoms with Gasteiger partial charge in [0.1, 0.15) is 5.75 Å². The Balaban J connectivity index is 2.89. The Morgan fingerprint density at radius 3 is 2.50 bits per heavy atom. The number of nitrogens with zero attached hydrogens (tertiary/aromatic N) is 1. The third kappa shape index (κ3) is 4.26. The molecule has 0 saturated carbocycles. The number of hydrogen-bond acceptors (Lipinski definition) is 3. The minimum absolute atomic E-state index is 0.0614. The summed E-state index contributed by atoms with van der Waals surface area (Å²) in [7, 11) is 0. The molecule has 0 radical (unpaired) electrons. The van der Waals surface area contributed by atoms with Gasteiger partial charge in [-0.3, -0.25) is 0 Å². The fraction of sp³-hybridized carbons (Fsp3) is 0.588. The zero-order valence-corrected chi connectivity index (χ0v) is 13.1. The van der Waals surface area contributed by atoms with Crippen molar-refractivity contribution in [3.05, 3.63) is 29.3 Å². The molecular weight excluding hydrogens is 250 g/mol. The van der Waals surface area contributed by atoms with E-state index >= 15 is 0 Å². The summed E-state index contributed by atoms with van der Waals surface area (Å²) in [5.41, 5.74) is 2.27. The number of phenolic OH excluding ortho intramolecular Hbond substituents is 1. The van der Waals surface area contributed by atoms with Gasteiger partial charge in [0.05, 0.1) is 5.71 Å². The van der Waals surface area contributed by atoms with E-state index in [1.54, 1.807) is 13.0 Å². The minimum Gasteiger partial charge on any atom is -0.507 e. The molecule has 0 aromatic heterocycles.